The number of hydrogen-bond donors (Lipinski definition) is 2. The number of carbonyl (C=O) groups excluding carboxylic acids is 1. The molecular weight excluding hydrogens is 228 g/mol. The van der Waals surface area contributed by atoms with Crippen LogP contribution in [-0.2, 0) is 4.79 Å². The summed E-state index contributed by atoms with van der Waals surface area (Å²) in [5.74, 6) is 0.813. The van der Waals surface area contributed by atoms with Gasteiger partial charge in [-0.25, -0.2) is 0 Å². The van der Waals surface area contributed by atoms with Gasteiger partial charge < -0.3 is 10.1 Å². The first kappa shape index (κ1) is 11.5. The fourth-order valence-corrected chi connectivity index (χ4v) is 2.48. The van der Waals surface area contributed by atoms with E-state index in [0.717, 1.165) is 23.4 Å². The molecule has 1 fully saturated rings. The van der Waals surface area contributed by atoms with Crippen molar-refractivity contribution in [2.75, 3.05) is 12.4 Å². The van der Waals surface area contributed by atoms with Crippen molar-refractivity contribution in [3.63, 3.8) is 0 Å². The molecule has 4 heteroatoms. The van der Waals surface area contributed by atoms with Crippen LogP contribution in [0.2, 0.25) is 0 Å². The van der Waals surface area contributed by atoms with Gasteiger partial charge in [0.25, 0.3) is 0 Å². The number of carbonyl (C=O) groups is 1. The molecule has 0 spiro atoms. The van der Waals surface area contributed by atoms with Crippen molar-refractivity contribution in [3.05, 3.63) is 23.8 Å². The number of ether oxygens (including phenoxy) is 1. The van der Waals surface area contributed by atoms with E-state index in [1.807, 2.05) is 18.2 Å². The van der Waals surface area contributed by atoms with Crippen LogP contribution in [0.5, 0.6) is 5.75 Å². The van der Waals surface area contributed by atoms with E-state index in [-0.39, 0.29) is 11.9 Å². The molecular formula is C14H18N2O2. The first-order valence-corrected chi connectivity index (χ1v) is 6.26. The topological polar surface area (TPSA) is 50.4 Å². The molecule has 4 nitrogen and oxygen atoms in total. The van der Waals surface area contributed by atoms with Gasteiger partial charge in [-0.05, 0) is 30.0 Å². The number of benzene rings is 1. The highest BCUT2D eigenvalue weighted by atomic mass is 16.5. The van der Waals surface area contributed by atoms with Gasteiger partial charge in [-0.2, -0.15) is 0 Å². The summed E-state index contributed by atoms with van der Waals surface area (Å²) in [4.78, 5) is 12.0. The van der Waals surface area contributed by atoms with Crippen molar-refractivity contribution in [2.24, 2.45) is 5.41 Å². The average Bonchev–Trinajstić information content (AvgIpc) is 2.81. The second-order valence-corrected chi connectivity index (χ2v) is 5.79. The van der Waals surface area contributed by atoms with Crippen LogP contribution in [0.4, 0.5) is 5.69 Å². The molecule has 2 N–H and O–H groups in total. The molecule has 0 saturated heterocycles. The molecule has 1 aliphatic heterocycles. The summed E-state index contributed by atoms with van der Waals surface area (Å²) >= 11 is 0. The molecule has 0 bridgehead atoms. The van der Waals surface area contributed by atoms with Crippen LogP contribution in [0.25, 0.3) is 0 Å². The van der Waals surface area contributed by atoms with Gasteiger partial charge in [0.2, 0.25) is 5.91 Å². The first-order valence-electron chi connectivity index (χ1n) is 6.26. The molecule has 2 unspecified atom stereocenters. The van der Waals surface area contributed by atoms with E-state index in [2.05, 4.69) is 24.5 Å². The Kier molecular flexibility index (Phi) is 2.38. The third-order valence-electron chi connectivity index (χ3n) is 3.97. The third-order valence-corrected chi connectivity index (χ3v) is 3.97. The van der Waals surface area contributed by atoms with E-state index in [4.69, 9.17) is 4.74 Å². The Morgan fingerprint density at radius 1 is 1.44 bits per heavy atom. The molecule has 1 aromatic rings. The zero-order chi connectivity index (χ0) is 12.9. The molecule has 1 aliphatic carbocycles. The van der Waals surface area contributed by atoms with Crippen LogP contribution in [0.3, 0.4) is 0 Å². The summed E-state index contributed by atoms with van der Waals surface area (Å²) < 4.78 is 5.22. The SMILES string of the molecule is COc1ccc2c(c1)C(NC1CC1(C)C)C(=O)N2. The maximum atomic E-state index is 12.0. The van der Waals surface area contributed by atoms with Crippen LogP contribution < -0.4 is 15.4 Å². The molecule has 2 aliphatic rings. The standard InChI is InChI=1S/C14H18N2O2/c1-14(2)7-11(14)16-12-9-6-8(18-3)4-5-10(9)15-13(12)17/h4-6,11-12,16H,7H2,1-3H3,(H,15,17). The van der Waals surface area contributed by atoms with Crippen LogP contribution in [-0.4, -0.2) is 19.1 Å². The zero-order valence-corrected chi connectivity index (χ0v) is 10.9. The molecule has 1 heterocycles. The Morgan fingerprint density at radius 2 is 2.17 bits per heavy atom. The van der Waals surface area contributed by atoms with Gasteiger partial charge >= 0.3 is 0 Å². The lowest BCUT2D eigenvalue weighted by atomic mass is 10.1. The smallest absolute Gasteiger partial charge is 0.246 e. The van der Waals surface area contributed by atoms with Crippen molar-refractivity contribution >= 4 is 11.6 Å². The van der Waals surface area contributed by atoms with Crippen LogP contribution in [0.1, 0.15) is 31.9 Å². The minimum absolute atomic E-state index is 0.0287. The highest BCUT2D eigenvalue weighted by Gasteiger charge is 2.48. The number of rotatable bonds is 3. The van der Waals surface area contributed by atoms with E-state index in [1.54, 1.807) is 7.11 Å². The molecule has 2 atom stereocenters. The van der Waals surface area contributed by atoms with Crippen molar-refractivity contribution in [1.82, 2.24) is 5.32 Å². The normalized spacial score (nSPS) is 27.6. The Morgan fingerprint density at radius 3 is 2.78 bits per heavy atom. The summed E-state index contributed by atoms with van der Waals surface area (Å²) in [5, 5.41) is 6.34. The molecule has 1 aromatic carbocycles. The van der Waals surface area contributed by atoms with Gasteiger partial charge in [-0.15, -0.1) is 0 Å². The highest BCUT2D eigenvalue weighted by molar-refractivity contribution is 6.02. The van der Waals surface area contributed by atoms with E-state index < -0.39 is 0 Å². The van der Waals surface area contributed by atoms with Gasteiger partial charge in [0.15, 0.2) is 0 Å². The lowest BCUT2D eigenvalue weighted by molar-refractivity contribution is -0.117. The molecule has 96 valence electrons. The predicted molar refractivity (Wildman–Crippen MR) is 69.7 cm³/mol. The van der Waals surface area contributed by atoms with Crippen molar-refractivity contribution in [1.29, 1.82) is 0 Å². The number of fused-ring (bicyclic) bond motifs is 1. The number of hydrogen-bond acceptors (Lipinski definition) is 3. The summed E-state index contributed by atoms with van der Waals surface area (Å²) in [5.41, 5.74) is 2.18. The van der Waals surface area contributed by atoms with Crippen LogP contribution >= 0.6 is 0 Å². The lowest BCUT2D eigenvalue weighted by Gasteiger charge is -2.13. The monoisotopic (exact) mass is 246 g/mol. The van der Waals surface area contributed by atoms with Crippen molar-refractivity contribution < 1.29 is 9.53 Å². The minimum atomic E-state index is -0.248. The molecule has 0 aromatic heterocycles. The molecule has 3 rings (SSSR count). The Labute approximate surface area is 107 Å². The number of anilines is 1. The summed E-state index contributed by atoms with van der Waals surface area (Å²) in [6.45, 7) is 4.42. The number of amides is 1. The van der Waals surface area contributed by atoms with Gasteiger partial charge in [-0.3, -0.25) is 10.1 Å². The summed E-state index contributed by atoms with van der Waals surface area (Å²) in [6.07, 6.45) is 1.12. The largest absolute Gasteiger partial charge is 0.497 e. The average molecular weight is 246 g/mol. The van der Waals surface area contributed by atoms with E-state index in [9.17, 15) is 4.79 Å². The Bertz CT molecular complexity index is 511. The number of methoxy groups -OCH3 is 1. The van der Waals surface area contributed by atoms with E-state index in [0.29, 0.717) is 11.5 Å². The Balaban J connectivity index is 1.86. The van der Waals surface area contributed by atoms with Crippen LogP contribution in [0, 0.1) is 5.41 Å². The van der Waals surface area contributed by atoms with E-state index in [1.165, 1.54) is 0 Å². The van der Waals surface area contributed by atoms with Crippen LogP contribution in [0.15, 0.2) is 18.2 Å². The number of nitrogens with one attached hydrogen (secondary N) is 2. The lowest BCUT2D eigenvalue weighted by Crippen LogP contribution is -2.31. The van der Waals surface area contributed by atoms with Gasteiger partial charge in [0.1, 0.15) is 11.8 Å². The second-order valence-electron chi connectivity index (χ2n) is 5.79. The quantitative estimate of drug-likeness (QED) is 0.858. The van der Waals surface area contributed by atoms with E-state index >= 15 is 0 Å². The summed E-state index contributed by atoms with van der Waals surface area (Å²) in [6, 6.07) is 5.86. The van der Waals surface area contributed by atoms with Gasteiger partial charge in [0, 0.05) is 17.3 Å². The second kappa shape index (κ2) is 3.72. The van der Waals surface area contributed by atoms with Gasteiger partial charge in [0.05, 0.1) is 7.11 Å². The zero-order valence-electron chi connectivity index (χ0n) is 10.9. The minimum Gasteiger partial charge on any atom is -0.497 e. The molecule has 18 heavy (non-hydrogen) atoms. The fourth-order valence-electron chi connectivity index (χ4n) is 2.48. The van der Waals surface area contributed by atoms with Crippen molar-refractivity contribution in [2.45, 2.75) is 32.4 Å². The molecule has 0 radical (unpaired) electrons. The predicted octanol–water partition coefficient (Wildman–Crippen LogP) is 2.08. The maximum absolute atomic E-state index is 12.0. The fraction of sp³-hybridized carbons (Fsp3) is 0.500. The first-order chi connectivity index (χ1) is 8.51. The third kappa shape index (κ3) is 1.77. The van der Waals surface area contributed by atoms with Crippen molar-refractivity contribution in [3.8, 4) is 5.75 Å². The van der Waals surface area contributed by atoms with Gasteiger partial charge in [-0.1, -0.05) is 13.8 Å². The highest BCUT2D eigenvalue weighted by Crippen LogP contribution is 2.47. The maximum Gasteiger partial charge on any atom is 0.246 e. The summed E-state index contributed by atoms with van der Waals surface area (Å²) in [7, 11) is 1.64. The molecule has 1 amide bonds. The molecule has 1 saturated carbocycles. The Hall–Kier alpha value is -1.55.